The molecule has 1 N–H and O–H groups in total. The fraction of sp³-hybridized carbons (Fsp3) is 0.652. The Labute approximate surface area is 177 Å². The fourth-order valence-electron chi connectivity index (χ4n) is 4.85. The molecule has 2 saturated carbocycles. The van der Waals surface area contributed by atoms with Gasteiger partial charge in [-0.2, -0.15) is 0 Å². The van der Waals surface area contributed by atoms with Gasteiger partial charge < -0.3 is 14.7 Å². The van der Waals surface area contributed by atoms with E-state index in [1.807, 2.05) is 19.2 Å². The highest BCUT2D eigenvalue weighted by Gasteiger charge is 2.32. The molecule has 0 bridgehead atoms. The van der Waals surface area contributed by atoms with Crippen LogP contribution in [0.2, 0.25) is 0 Å². The van der Waals surface area contributed by atoms with Gasteiger partial charge in [0.05, 0.1) is 17.0 Å². The smallest absolute Gasteiger partial charge is 0.225 e. The van der Waals surface area contributed by atoms with Gasteiger partial charge in [0.15, 0.2) is 5.76 Å². The second-order valence-electron chi connectivity index (χ2n) is 9.18. The highest BCUT2D eigenvalue weighted by molar-refractivity contribution is 5.79. The summed E-state index contributed by atoms with van der Waals surface area (Å²) in [6.45, 7) is 3.54. The summed E-state index contributed by atoms with van der Waals surface area (Å²) in [7, 11) is 0. The number of nitrogens with one attached hydrogen (secondary N) is 1. The molecule has 3 aliphatic rings. The maximum absolute atomic E-state index is 12.9. The number of hydrogen-bond acceptors (Lipinski definition) is 6. The minimum absolute atomic E-state index is 0.247. The van der Waals surface area contributed by atoms with Crippen LogP contribution >= 0.6 is 0 Å². The number of hydrogen-bond donors (Lipinski definition) is 1. The van der Waals surface area contributed by atoms with E-state index in [1.54, 1.807) is 0 Å². The largest absolute Gasteiger partial charge is 0.356 e. The third-order valence-corrected chi connectivity index (χ3v) is 6.77. The zero-order chi connectivity index (χ0) is 20.5. The van der Waals surface area contributed by atoms with Gasteiger partial charge in [-0.1, -0.05) is 24.4 Å². The van der Waals surface area contributed by atoms with Crippen LogP contribution in [0.4, 0.5) is 5.95 Å². The zero-order valence-electron chi connectivity index (χ0n) is 17.8. The quantitative estimate of drug-likeness (QED) is 0.793. The zero-order valence-corrected chi connectivity index (χ0v) is 17.8. The number of carbonyl (C=O) groups excluding carboxylic acids is 1. The van der Waals surface area contributed by atoms with Crippen molar-refractivity contribution in [2.24, 2.45) is 5.92 Å². The van der Waals surface area contributed by atoms with Crippen molar-refractivity contribution in [3.05, 3.63) is 23.7 Å². The van der Waals surface area contributed by atoms with Crippen LogP contribution in [0.5, 0.6) is 0 Å². The van der Waals surface area contributed by atoms with Gasteiger partial charge in [0.2, 0.25) is 11.9 Å². The summed E-state index contributed by atoms with van der Waals surface area (Å²) < 4.78 is 5.54. The first kappa shape index (κ1) is 19.5. The van der Waals surface area contributed by atoms with Crippen LogP contribution in [0.1, 0.15) is 75.1 Å². The first-order valence-corrected chi connectivity index (χ1v) is 11.5. The van der Waals surface area contributed by atoms with Crippen molar-refractivity contribution in [1.82, 2.24) is 20.0 Å². The highest BCUT2D eigenvalue weighted by atomic mass is 16.5. The summed E-state index contributed by atoms with van der Waals surface area (Å²) >= 11 is 0. The van der Waals surface area contributed by atoms with Gasteiger partial charge in [0.25, 0.3) is 0 Å². The number of carbonyl (C=O) groups is 1. The summed E-state index contributed by atoms with van der Waals surface area (Å²) in [4.78, 5) is 24.5. The molecule has 3 fully saturated rings. The summed E-state index contributed by atoms with van der Waals surface area (Å²) in [5.74, 6) is 2.34. The Morgan fingerprint density at radius 2 is 1.87 bits per heavy atom. The maximum Gasteiger partial charge on any atom is 0.225 e. The van der Waals surface area contributed by atoms with Gasteiger partial charge in [0.1, 0.15) is 0 Å². The molecule has 0 spiro atoms. The number of nitrogens with zero attached hydrogens (tertiary/aromatic N) is 4. The molecule has 0 aromatic carbocycles. The van der Waals surface area contributed by atoms with Crippen molar-refractivity contribution in [2.45, 2.75) is 76.7 Å². The molecule has 3 heterocycles. The fourth-order valence-corrected chi connectivity index (χ4v) is 4.85. The average molecular weight is 410 g/mol. The molecule has 30 heavy (non-hydrogen) atoms. The van der Waals surface area contributed by atoms with E-state index in [9.17, 15) is 4.79 Å². The number of anilines is 1. The Kier molecular flexibility index (Phi) is 5.44. The van der Waals surface area contributed by atoms with Gasteiger partial charge in [0, 0.05) is 43.2 Å². The van der Waals surface area contributed by atoms with Crippen molar-refractivity contribution in [2.75, 3.05) is 18.4 Å². The molecular formula is C23H31N5O2. The standard InChI is InChI=1S/C23H31N5O2/c1-15-13-20(30-27-15)19-14-24-23(25-18-7-8-18)26-21(19)16-9-11-28(12-10-16)22(29)17-5-3-2-4-6-17/h13-14,16-18H,2-12H2,1H3,(H,24,25,26). The number of aromatic nitrogens is 3. The molecule has 0 radical (unpaired) electrons. The van der Waals surface area contributed by atoms with Gasteiger partial charge in [-0.3, -0.25) is 4.79 Å². The van der Waals surface area contributed by atoms with E-state index in [0.29, 0.717) is 23.8 Å². The molecule has 160 valence electrons. The van der Waals surface area contributed by atoms with E-state index >= 15 is 0 Å². The Balaban J connectivity index is 1.33. The molecule has 1 amide bonds. The van der Waals surface area contributed by atoms with Crippen LogP contribution in [0.25, 0.3) is 11.3 Å². The third-order valence-electron chi connectivity index (χ3n) is 6.77. The van der Waals surface area contributed by atoms with E-state index in [-0.39, 0.29) is 5.92 Å². The Hall–Kier alpha value is -2.44. The lowest BCUT2D eigenvalue weighted by Crippen LogP contribution is -2.42. The number of likely N-dealkylation sites (tertiary alicyclic amines) is 1. The summed E-state index contributed by atoms with van der Waals surface area (Å²) in [6, 6.07) is 2.45. The molecule has 0 unspecified atom stereocenters. The molecule has 2 aliphatic carbocycles. The Bertz CT molecular complexity index is 893. The monoisotopic (exact) mass is 409 g/mol. The highest BCUT2D eigenvalue weighted by Crippen LogP contribution is 2.36. The van der Waals surface area contributed by atoms with E-state index in [2.05, 4.69) is 20.4 Å². The van der Waals surface area contributed by atoms with Crippen molar-refractivity contribution in [3.8, 4) is 11.3 Å². The van der Waals surface area contributed by atoms with Crippen LogP contribution in [-0.4, -0.2) is 45.1 Å². The van der Waals surface area contributed by atoms with Crippen molar-refractivity contribution < 1.29 is 9.32 Å². The molecule has 7 nitrogen and oxygen atoms in total. The Morgan fingerprint density at radius 1 is 1.10 bits per heavy atom. The van der Waals surface area contributed by atoms with Crippen LogP contribution in [0.15, 0.2) is 16.8 Å². The number of amides is 1. The molecule has 5 rings (SSSR count). The summed E-state index contributed by atoms with van der Waals surface area (Å²) in [5.41, 5.74) is 2.80. The summed E-state index contributed by atoms with van der Waals surface area (Å²) in [5, 5.41) is 7.46. The number of rotatable bonds is 5. The van der Waals surface area contributed by atoms with Crippen molar-refractivity contribution in [3.63, 3.8) is 0 Å². The van der Waals surface area contributed by atoms with Gasteiger partial charge in [-0.15, -0.1) is 0 Å². The molecule has 1 aliphatic heterocycles. The molecule has 7 heteroatoms. The van der Waals surface area contributed by atoms with Crippen LogP contribution in [-0.2, 0) is 4.79 Å². The topological polar surface area (TPSA) is 84.2 Å². The number of piperidine rings is 1. The van der Waals surface area contributed by atoms with E-state index in [1.165, 1.54) is 32.1 Å². The van der Waals surface area contributed by atoms with Gasteiger partial charge in [-0.25, -0.2) is 9.97 Å². The lowest BCUT2D eigenvalue weighted by atomic mass is 9.86. The van der Waals surface area contributed by atoms with E-state index < -0.39 is 0 Å². The predicted octanol–water partition coefficient (Wildman–Crippen LogP) is 4.30. The van der Waals surface area contributed by atoms with E-state index in [0.717, 1.165) is 61.5 Å². The maximum atomic E-state index is 12.9. The first-order chi connectivity index (χ1) is 14.7. The minimum atomic E-state index is 0.247. The van der Waals surface area contributed by atoms with Gasteiger partial charge in [-0.05, 0) is 45.4 Å². The van der Waals surface area contributed by atoms with Gasteiger partial charge >= 0.3 is 0 Å². The lowest BCUT2D eigenvalue weighted by molar-refractivity contribution is -0.137. The van der Waals surface area contributed by atoms with Crippen LogP contribution < -0.4 is 5.32 Å². The number of aryl methyl sites for hydroxylation is 1. The lowest BCUT2D eigenvalue weighted by Gasteiger charge is -2.35. The average Bonchev–Trinajstić information content (AvgIpc) is 3.50. The second-order valence-corrected chi connectivity index (χ2v) is 9.18. The molecule has 2 aromatic rings. The van der Waals surface area contributed by atoms with Crippen molar-refractivity contribution >= 4 is 11.9 Å². The van der Waals surface area contributed by atoms with E-state index in [4.69, 9.17) is 9.51 Å². The predicted molar refractivity (Wildman–Crippen MR) is 114 cm³/mol. The Morgan fingerprint density at radius 3 is 2.53 bits per heavy atom. The normalized spacial score (nSPS) is 21.0. The molecule has 1 saturated heterocycles. The first-order valence-electron chi connectivity index (χ1n) is 11.5. The molecule has 0 atom stereocenters. The summed E-state index contributed by atoms with van der Waals surface area (Å²) in [6.07, 6.45) is 11.9. The SMILES string of the molecule is Cc1cc(-c2cnc(NC3CC3)nc2C2CCN(C(=O)C3CCCCC3)CC2)on1. The third kappa shape index (κ3) is 4.20. The molecule has 2 aromatic heterocycles. The molecular weight excluding hydrogens is 378 g/mol. The second kappa shape index (κ2) is 8.36. The van der Waals surface area contributed by atoms with Crippen LogP contribution in [0.3, 0.4) is 0 Å². The van der Waals surface area contributed by atoms with Crippen LogP contribution in [0, 0.1) is 12.8 Å². The van der Waals surface area contributed by atoms with Crippen molar-refractivity contribution in [1.29, 1.82) is 0 Å². The minimum Gasteiger partial charge on any atom is -0.356 e.